The number of rotatable bonds is 7. The number of phenolic OH excluding ortho intramolecular Hbond substituents is 1. The first-order chi connectivity index (χ1) is 12.4. The van der Waals surface area contributed by atoms with Crippen molar-refractivity contribution >= 4 is 18.2 Å². The number of benzene rings is 2. The standard InChI is InChI=1S/C20H21NO5/c1-13(2)18(20(25)26-12-14-6-4-3-5-7-14)21-19(24)16-10-15(11-22)8-9-17(16)23/h3-11,13,18,23H,12H2,1-2H3,(H,21,24)/t18-/m0/s1. The van der Waals surface area contributed by atoms with E-state index < -0.39 is 17.9 Å². The zero-order valence-corrected chi connectivity index (χ0v) is 14.6. The highest BCUT2D eigenvalue weighted by Crippen LogP contribution is 2.18. The van der Waals surface area contributed by atoms with E-state index >= 15 is 0 Å². The average Bonchev–Trinajstić information content (AvgIpc) is 2.65. The van der Waals surface area contributed by atoms with Gasteiger partial charge in [-0.15, -0.1) is 0 Å². The van der Waals surface area contributed by atoms with E-state index in [1.165, 1.54) is 18.2 Å². The van der Waals surface area contributed by atoms with Gasteiger partial charge in [-0.25, -0.2) is 4.79 Å². The molecule has 0 aliphatic rings. The molecule has 6 nitrogen and oxygen atoms in total. The second-order valence-corrected chi connectivity index (χ2v) is 6.18. The fourth-order valence-corrected chi connectivity index (χ4v) is 2.34. The maximum absolute atomic E-state index is 12.4. The smallest absolute Gasteiger partial charge is 0.329 e. The Labute approximate surface area is 151 Å². The Balaban J connectivity index is 2.08. The summed E-state index contributed by atoms with van der Waals surface area (Å²) in [5, 5.41) is 12.4. The SMILES string of the molecule is CC(C)[C@H](NC(=O)c1cc(C=O)ccc1O)C(=O)OCc1ccccc1. The van der Waals surface area contributed by atoms with Gasteiger partial charge in [-0.05, 0) is 29.7 Å². The minimum absolute atomic E-state index is 0.0730. The molecule has 0 heterocycles. The van der Waals surface area contributed by atoms with Crippen molar-refractivity contribution in [2.24, 2.45) is 5.92 Å². The van der Waals surface area contributed by atoms with Gasteiger partial charge in [0.1, 0.15) is 24.7 Å². The van der Waals surface area contributed by atoms with E-state index in [1.54, 1.807) is 13.8 Å². The Morgan fingerprint density at radius 2 is 1.85 bits per heavy atom. The van der Waals surface area contributed by atoms with Crippen LogP contribution in [0.1, 0.15) is 40.1 Å². The summed E-state index contributed by atoms with van der Waals surface area (Å²) in [4.78, 5) is 35.7. The Kier molecular flexibility index (Phi) is 6.49. The first-order valence-corrected chi connectivity index (χ1v) is 8.22. The van der Waals surface area contributed by atoms with Crippen LogP contribution in [0.25, 0.3) is 0 Å². The van der Waals surface area contributed by atoms with Crippen LogP contribution >= 0.6 is 0 Å². The third kappa shape index (κ3) is 4.92. The fraction of sp³-hybridized carbons (Fsp3) is 0.250. The predicted octanol–water partition coefficient (Wildman–Crippen LogP) is 2.70. The van der Waals surface area contributed by atoms with Gasteiger partial charge in [0.25, 0.3) is 5.91 Å². The predicted molar refractivity (Wildman–Crippen MR) is 95.8 cm³/mol. The van der Waals surface area contributed by atoms with Crippen molar-refractivity contribution in [2.75, 3.05) is 0 Å². The van der Waals surface area contributed by atoms with Gasteiger partial charge in [-0.1, -0.05) is 44.2 Å². The van der Waals surface area contributed by atoms with E-state index in [0.717, 1.165) is 5.56 Å². The van der Waals surface area contributed by atoms with Gasteiger partial charge < -0.3 is 15.2 Å². The highest BCUT2D eigenvalue weighted by molar-refractivity contribution is 6.00. The van der Waals surface area contributed by atoms with Crippen LogP contribution in [-0.4, -0.2) is 29.3 Å². The third-order valence-electron chi connectivity index (χ3n) is 3.83. The summed E-state index contributed by atoms with van der Waals surface area (Å²) >= 11 is 0. The van der Waals surface area contributed by atoms with Crippen LogP contribution in [0.4, 0.5) is 0 Å². The Bertz CT molecular complexity index is 786. The molecule has 2 aromatic rings. The number of hydrogen-bond acceptors (Lipinski definition) is 5. The molecule has 0 aromatic heterocycles. The van der Waals surface area contributed by atoms with Crippen LogP contribution < -0.4 is 5.32 Å². The Hall–Kier alpha value is -3.15. The largest absolute Gasteiger partial charge is 0.507 e. The zero-order chi connectivity index (χ0) is 19.1. The lowest BCUT2D eigenvalue weighted by Gasteiger charge is -2.21. The van der Waals surface area contributed by atoms with E-state index in [-0.39, 0.29) is 29.4 Å². The molecule has 136 valence electrons. The topological polar surface area (TPSA) is 92.7 Å². The summed E-state index contributed by atoms with van der Waals surface area (Å²) in [6.45, 7) is 3.65. The van der Waals surface area contributed by atoms with Gasteiger partial charge in [0.2, 0.25) is 0 Å². The van der Waals surface area contributed by atoms with Crippen LogP contribution in [0.15, 0.2) is 48.5 Å². The summed E-state index contributed by atoms with van der Waals surface area (Å²) in [5.41, 5.74) is 1.02. The quantitative estimate of drug-likeness (QED) is 0.588. The lowest BCUT2D eigenvalue weighted by Crippen LogP contribution is -2.45. The number of carbonyl (C=O) groups excluding carboxylic acids is 3. The molecule has 0 aliphatic heterocycles. The molecule has 0 aliphatic carbocycles. The van der Waals surface area contributed by atoms with E-state index in [0.29, 0.717) is 6.29 Å². The molecule has 0 bridgehead atoms. The van der Waals surface area contributed by atoms with Gasteiger partial charge >= 0.3 is 5.97 Å². The molecule has 0 unspecified atom stereocenters. The molecule has 0 saturated carbocycles. The van der Waals surface area contributed by atoms with E-state index in [9.17, 15) is 19.5 Å². The highest BCUT2D eigenvalue weighted by atomic mass is 16.5. The van der Waals surface area contributed by atoms with Gasteiger partial charge in [-0.2, -0.15) is 0 Å². The summed E-state index contributed by atoms with van der Waals surface area (Å²) in [6.07, 6.45) is 0.574. The second-order valence-electron chi connectivity index (χ2n) is 6.18. The molecule has 1 amide bonds. The van der Waals surface area contributed by atoms with Gasteiger partial charge in [0, 0.05) is 5.56 Å². The molecule has 0 saturated heterocycles. The van der Waals surface area contributed by atoms with Crippen LogP contribution in [0.3, 0.4) is 0 Å². The summed E-state index contributed by atoms with van der Waals surface area (Å²) in [7, 11) is 0. The van der Waals surface area contributed by atoms with Crippen molar-refractivity contribution in [1.29, 1.82) is 0 Å². The molecular weight excluding hydrogens is 334 g/mol. The molecule has 0 radical (unpaired) electrons. The minimum atomic E-state index is -0.884. The molecule has 26 heavy (non-hydrogen) atoms. The third-order valence-corrected chi connectivity index (χ3v) is 3.83. The van der Waals surface area contributed by atoms with Crippen LogP contribution in [0, 0.1) is 5.92 Å². The average molecular weight is 355 g/mol. The number of ether oxygens (including phenoxy) is 1. The lowest BCUT2D eigenvalue weighted by atomic mass is 10.0. The molecule has 2 rings (SSSR count). The molecule has 0 spiro atoms. The van der Waals surface area contributed by atoms with Gasteiger partial charge in [-0.3, -0.25) is 9.59 Å². The number of amides is 1. The summed E-state index contributed by atoms with van der Waals surface area (Å²) in [5.74, 6) is -1.71. The second kappa shape index (κ2) is 8.80. The number of phenols is 1. The monoisotopic (exact) mass is 355 g/mol. The van der Waals surface area contributed by atoms with Crippen LogP contribution in [-0.2, 0) is 16.1 Å². The number of carbonyl (C=O) groups is 3. The molecular formula is C20H21NO5. The van der Waals surface area contributed by atoms with Crippen molar-refractivity contribution in [3.63, 3.8) is 0 Å². The zero-order valence-electron chi connectivity index (χ0n) is 14.6. The number of esters is 1. The summed E-state index contributed by atoms with van der Waals surface area (Å²) < 4.78 is 5.29. The van der Waals surface area contributed by atoms with E-state index in [2.05, 4.69) is 5.32 Å². The Morgan fingerprint density at radius 3 is 2.46 bits per heavy atom. The van der Waals surface area contributed by atoms with E-state index in [4.69, 9.17) is 4.74 Å². The molecule has 2 N–H and O–H groups in total. The molecule has 2 aromatic carbocycles. The molecule has 6 heteroatoms. The van der Waals surface area contributed by atoms with Gasteiger partial charge in [0.05, 0.1) is 5.56 Å². The van der Waals surface area contributed by atoms with Gasteiger partial charge in [0.15, 0.2) is 0 Å². The minimum Gasteiger partial charge on any atom is -0.507 e. The van der Waals surface area contributed by atoms with Crippen LogP contribution in [0.5, 0.6) is 5.75 Å². The summed E-state index contributed by atoms with van der Waals surface area (Å²) in [6, 6.07) is 12.3. The first-order valence-electron chi connectivity index (χ1n) is 8.22. The highest BCUT2D eigenvalue weighted by Gasteiger charge is 2.27. The van der Waals surface area contributed by atoms with Crippen molar-refractivity contribution in [2.45, 2.75) is 26.5 Å². The van der Waals surface area contributed by atoms with Crippen molar-refractivity contribution < 1.29 is 24.2 Å². The number of aldehydes is 1. The maximum atomic E-state index is 12.4. The Morgan fingerprint density at radius 1 is 1.15 bits per heavy atom. The normalized spacial score (nSPS) is 11.7. The van der Waals surface area contributed by atoms with Crippen LogP contribution in [0.2, 0.25) is 0 Å². The lowest BCUT2D eigenvalue weighted by molar-refractivity contribution is -0.148. The number of aromatic hydroxyl groups is 1. The van der Waals surface area contributed by atoms with Crippen molar-refractivity contribution in [3.05, 3.63) is 65.2 Å². The first kappa shape index (κ1) is 19.2. The van der Waals surface area contributed by atoms with E-state index in [1.807, 2.05) is 30.3 Å². The fourth-order valence-electron chi connectivity index (χ4n) is 2.34. The van der Waals surface area contributed by atoms with Crippen molar-refractivity contribution in [1.82, 2.24) is 5.32 Å². The number of hydrogen-bond donors (Lipinski definition) is 2. The molecule has 0 fully saturated rings. The maximum Gasteiger partial charge on any atom is 0.329 e. The molecule has 1 atom stereocenters. The van der Waals surface area contributed by atoms with Crippen molar-refractivity contribution in [3.8, 4) is 5.75 Å². The number of nitrogens with one attached hydrogen (secondary N) is 1.